The quantitative estimate of drug-likeness (QED) is 0.278. The van der Waals surface area contributed by atoms with E-state index in [1.165, 1.54) is 12.1 Å². The van der Waals surface area contributed by atoms with E-state index in [0.717, 1.165) is 0 Å². The normalized spacial score (nSPS) is 12.4. The number of carbonyl (C=O) groups is 1. The highest BCUT2D eigenvalue weighted by molar-refractivity contribution is 7.89. The predicted octanol–water partition coefficient (Wildman–Crippen LogP) is 1.31. The van der Waals surface area contributed by atoms with Crippen molar-refractivity contribution >= 4 is 33.7 Å². The lowest BCUT2D eigenvalue weighted by atomic mass is 10.2. The summed E-state index contributed by atoms with van der Waals surface area (Å²) in [4.78, 5) is 15.7. The van der Waals surface area contributed by atoms with Crippen molar-refractivity contribution < 1.29 is 17.9 Å². The molecule has 0 saturated carbocycles. The Morgan fingerprint density at radius 1 is 1.11 bits per heavy atom. The zero-order chi connectivity index (χ0) is 21.2. The van der Waals surface area contributed by atoms with E-state index >= 15 is 0 Å². The van der Waals surface area contributed by atoms with Gasteiger partial charge in [0.15, 0.2) is 5.96 Å². The monoisotopic (exact) mass is 433 g/mol. The lowest BCUT2D eigenvalue weighted by molar-refractivity contribution is 0.0529. The maximum atomic E-state index is 12.2. The van der Waals surface area contributed by atoms with Crippen molar-refractivity contribution in [2.24, 2.45) is 4.99 Å². The molecule has 4 N–H and O–H groups in total. The molecule has 0 spiro atoms. The standard InChI is InChI=1S/C17H28ClN5O4S/c1-17(2,3)27-16(24)22-9-8-20-15(19-4)21-10-11-23-28(25,26)14-7-5-6-13(18)12-14/h5-7,12,23H,8-11H2,1-4H3,(H,22,24)(H2,19,20,21). The predicted molar refractivity (Wildman–Crippen MR) is 110 cm³/mol. The maximum absolute atomic E-state index is 12.2. The number of alkyl carbamates (subject to hydrolysis) is 1. The van der Waals surface area contributed by atoms with E-state index in [1.807, 2.05) is 0 Å². The minimum absolute atomic E-state index is 0.107. The topological polar surface area (TPSA) is 121 Å². The second kappa shape index (κ2) is 11.1. The lowest BCUT2D eigenvalue weighted by Gasteiger charge is -2.20. The largest absolute Gasteiger partial charge is 0.444 e. The van der Waals surface area contributed by atoms with Crippen LogP contribution >= 0.6 is 11.6 Å². The molecule has 1 rings (SSSR count). The van der Waals surface area contributed by atoms with Crippen LogP contribution in [0.5, 0.6) is 0 Å². The van der Waals surface area contributed by atoms with Gasteiger partial charge in [-0.25, -0.2) is 17.9 Å². The summed E-state index contributed by atoms with van der Waals surface area (Å²) in [5.74, 6) is 0.480. The third-order valence-corrected chi connectivity index (χ3v) is 4.82. The number of guanidine groups is 1. The first-order valence-electron chi connectivity index (χ1n) is 8.70. The third kappa shape index (κ3) is 9.77. The van der Waals surface area contributed by atoms with Crippen molar-refractivity contribution in [3.05, 3.63) is 29.3 Å². The summed E-state index contributed by atoms with van der Waals surface area (Å²) in [6.07, 6.45) is -0.493. The van der Waals surface area contributed by atoms with E-state index in [4.69, 9.17) is 16.3 Å². The fraction of sp³-hybridized carbons (Fsp3) is 0.529. The Hall–Kier alpha value is -2.04. The number of carbonyl (C=O) groups excluding carboxylic acids is 1. The van der Waals surface area contributed by atoms with Gasteiger partial charge in [-0.1, -0.05) is 17.7 Å². The first kappa shape index (κ1) is 24.0. The van der Waals surface area contributed by atoms with E-state index in [2.05, 4.69) is 25.7 Å². The van der Waals surface area contributed by atoms with Gasteiger partial charge in [-0.15, -0.1) is 0 Å². The number of sulfonamides is 1. The SMILES string of the molecule is CN=C(NCCNC(=O)OC(C)(C)C)NCCNS(=O)(=O)c1cccc(Cl)c1. The molecule has 0 aliphatic heterocycles. The van der Waals surface area contributed by atoms with Gasteiger partial charge >= 0.3 is 6.09 Å². The Labute approximate surface area is 171 Å². The number of nitrogens with one attached hydrogen (secondary N) is 4. The van der Waals surface area contributed by atoms with Crippen LogP contribution in [0.25, 0.3) is 0 Å². The first-order valence-corrected chi connectivity index (χ1v) is 10.6. The summed E-state index contributed by atoms with van der Waals surface area (Å²) in [5.41, 5.74) is -0.548. The molecule has 0 atom stereocenters. The molecule has 28 heavy (non-hydrogen) atoms. The molecular formula is C17H28ClN5O4S. The average molecular weight is 434 g/mol. The molecule has 0 heterocycles. The molecule has 0 saturated heterocycles. The number of hydrogen-bond donors (Lipinski definition) is 4. The Kier molecular flexibility index (Phi) is 9.50. The fourth-order valence-electron chi connectivity index (χ4n) is 1.96. The summed E-state index contributed by atoms with van der Waals surface area (Å²) in [7, 11) is -2.04. The molecule has 1 aromatic carbocycles. The van der Waals surface area contributed by atoms with E-state index in [0.29, 0.717) is 30.6 Å². The molecule has 158 valence electrons. The van der Waals surface area contributed by atoms with E-state index in [-0.39, 0.29) is 11.4 Å². The highest BCUT2D eigenvalue weighted by Gasteiger charge is 2.15. The van der Waals surface area contributed by atoms with Crippen molar-refractivity contribution in [3.8, 4) is 0 Å². The van der Waals surface area contributed by atoms with Crippen LogP contribution in [0, 0.1) is 0 Å². The number of aliphatic imine (C=N–C) groups is 1. The number of amides is 1. The first-order chi connectivity index (χ1) is 13.0. The molecule has 0 unspecified atom stereocenters. The molecular weight excluding hydrogens is 406 g/mol. The highest BCUT2D eigenvalue weighted by atomic mass is 35.5. The lowest BCUT2D eigenvalue weighted by Crippen LogP contribution is -2.44. The molecule has 1 aromatic rings. The van der Waals surface area contributed by atoms with E-state index in [1.54, 1.807) is 40.0 Å². The fourth-order valence-corrected chi connectivity index (χ4v) is 3.30. The van der Waals surface area contributed by atoms with Crippen LogP contribution < -0.4 is 20.7 Å². The molecule has 9 nitrogen and oxygen atoms in total. The highest BCUT2D eigenvalue weighted by Crippen LogP contribution is 2.14. The summed E-state index contributed by atoms with van der Waals surface area (Å²) < 4.78 is 32.0. The van der Waals surface area contributed by atoms with Gasteiger partial charge < -0.3 is 20.7 Å². The van der Waals surface area contributed by atoms with Crippen LogP contribution in [-0.4, -0.2) is 59.3 Å². The van der Waals surface area contributed by atoms with Crippen LogP contribution in [0.4, 0.5) is 4.79 Å². The van der Waals surface area contributed by atoms with Gasteiger partial charge in [-0.05, 0) is 39.0 Å². The Morgan fingerprint density at radius 3 is 2.29 bits per heavy atom. The van der Waals surface area contributed by atoms with Gasteiger partial charge in [0.05, 0.1) is 4.90 Å². The third-order valence-electron chi connectivity index (χ3n) is 3.13. The second-order valence-electron chi connectivity index (χ2n) is 6.71. The molecule has 1 amide bonds. The Bertz CT molecular complexity index is 778. The minimum atomic E-state index is -3.63. The number of nitrogens with zero attached hydrogens (tertiary/aromatic N) is 1. The average Bonchev–Trinajstić information content (AvgIpc) is 2.58. The van der Waals surface area contributed by atoms with Gasteiger partial charge in [0.2, 0.25) is 10.0 Å². The number of hydrogen-bond acceptors (Lipinski definition) is 5. The van der Waals surface area contributed by atoms with Crippen LogP contribution in [0.15, 0.2) is 34.2 Å². The zero-order valence-electron chi connectivity index (χ0n) is 16.5. The van der Waals surface area contributed by atoms with Crippen LogP contribution in [0.1, 0.15) is 20.8 Å². The molecule has 0 aliphatic rings. The minimum Gasteiger partial charge on any atom is -0.444 e. The Morgan fingerprint density at radius 2 is 1.71 bits per heavy atom. The van der Waals surface area contributed by atoms with Crippen LogP contribution in [0.3, 0.4) is 0 Å². The van der Waals surface area contributed by atoms with Crippen LogP contribution in [0.2, 0.25) is 5.02 Å². The van der Waals surface area contributed by atoms with Gasteiger partial charge in [0, 0.05) is 38.2 Å². The molecule has 0 fully saturated rings. The van der Waals surface area contributed by atoms with Crippen molar-refractivity contribution in [1.29, 1.82) is 0 Å². The van der Waals surface area contributed by atoms with Crippen molar-refractivity contribution in [1.82, 2.24) is 20.7 Å². The smallest absolute Gasteiger partial charge is 0.407 e. The zero-order valence-corrected chi connectivity index (χ0v) is 18.1. The number of halogens is 1. The van der Waals surface area contributed by atoms with Gasteiger partial charge in [0.25, 0.3) is 0 Å². The van der Waals surface area contributed by atoms with Crippen molar-refractivity contribution in [2.75, 3.05) is 33.2 Å². The molecule has 0 aromatic heterocycles. The number of ether oxygens (including phenoxy) is 1. The summed E-state index contributed by atoms with van der Waals surface area (Å²) in [6, 6.07) is 6.04. The van der Waals surface area contributed by atoms with Gasteiger partial charge in [-0.2, -0.15) is 0 Å². The van der Waals surface area contributed by atoms with Crippen molar-refractivity contribution in [2.45, 2.75) is 31.3 Å². The van der Waals surface area contributed by atoms with E-state index in [9.17, 15) is 13.2 Å². The maximum Gasteiger partial charge on any atom is 0.407 e. The second-order valence-corrected chi connectivity index (χ2v) is 8.91. The summed E-state index contributed by atoms with van der Waals surface area (Å²) in [5, 5.41) is 8.94. The summed E-state index contributed by atoms with van der Waals surface area (Å²) >= 11 is 5.82. The molecule has 0 bridgehead atoms. The molecule has 11 heteroatoms. The number of benzene rings is 1. The van der Waals surface area contributed by atoms with Crippen molar-refractivity contribution in [3.63, 3.8) is 0 Å². The van der Waals surface area contributed by atoms with E-state index < -0.39 is 21.7 Å². The number of rotatable bonds is 8. The van der Waals surface area contributed by atoms with Gasteiger partial charge in [-0.3, -0.25) is 4.99 Å². The Balaban J connectivity index is 2.29. The summed E-state index contributed by atoms with van der Waals surface area (Å²) in [6.45, 7) is 6.61. The molecule has 0 aliphatic carbocycles. The van der Waals surface area contributed by atoms with Gasteiger partial charge in [0.1, 0.15) is 5.60 Å². The van der Waals surface area contributed by atoms with Crippen LogP contribution in [-0.2, 0) is 14.8 Å². The molecule has 0 radical (unpaired) electrons.